The van der Waals surface area contributed by atoms with Crippen LogP contribution in [0.1, 0.15) is 36.8 Å². The van der Waals surface area contributed by atoms with Gasteiger partial charge in [-0.1, -0.05) is 6.07 Å². The van der Waals surface area contributed by atoms with Crippen molar-refractivity contribution in [3.05, 3.63) is 29.3 Å². The van der Waals surface area contributed by atoms with E-state index in [0.717, 1.165) is 24.0 Å². The summed E-state index contributed by atoms with van der Waals surface area (Å²) in [4.78, 5) is 14.7. The summed E-state index contributed by atoms with van der Waals surface area (Å²) >= 11 is 0. The van der Waals surface area contributed by atoms with Gasteiger partial charge in [-0.25, -0.2) is 8.42 Å². The normalized spacial score (nSPS) is 20.1. The average Bonchev–Trinajstić information content (AvgIpc) is 3.41. The number of rotatable bonds is 4. The Morgan fingerprint density at radius 3 is 2.25 bits per heavy atom. The van der Waals surface area contributed by atoms with Crippen molar-refractivity contribution in [1.29, 1.82) is 0 Å². The molecule has 1 aromatic rings. The summed E-state index contributed by atoms with van der Waals surface area (Å²) in [5, 5.41) is 0. The molecule has 0 N–H and O–H groups in total. The Hall–Kier alpha value is -1.40. The molecular formula is C18H26N2O3S. The lowest BCUT2D eigenvalue weighted by Crippen LogP contribution is -2.43. The van der Waals surface area contributed by atoms with Crippen LogP contribution < -0.4 is 0 Å². The summed E-state index contributed by atoms with van der Waals surface area (Å²) in [6.07, 6.45) is 3.42. The SMILES string of the molecule is Cc1ccc(S(=O)(=O)N2CCC(C(=O)N(C)C3CC3)CC2)cc1C. The number of amides is 1. The monoisotopic (exact) mass is 350 g/mol. The van der Waals surface area contributed by atoms with Gasteiger partial charge in [-0.15, -0.1) is 0 Å². The molecule has 1 aliphatic carbocycles. The lowest BCUT2D eigenvalue weighted by molar-refractivity contribution is -0.135. The van der Waals surface area contributed by atoms with Gasteiger partial charge in [-0.3, -0.25) is 4.79 Å². The number of benzene rings is 1. The molecule has 6 heteroatoms. The molecule has 0 radical (unpaired) electrons. The van der Waals surface area contributed by atoms with Crippen molar-refractivity contribution in [2.24, 2.45) is 5.92 Å². The molecule has 2 aliphatic rings. The molecule has 132 valence electrons. The molecule has 0 atom stereocenters. The predicted molar refractivity (Wildman–Crippen MR) is 93.2 cm³/mol. The van der Waals surface area contributed by atoms with Crippen LogP contribution in [0.15, 0.2) is 23.1 Å². The number of aryl methyl sites for hydroxylation is 2. The molecule has 1 aromatic carbocycles. The molecule has 3 rings (SSSR count). The Morgan fingerprint density at radius 2 is 1.71 bits per heavy atom. The van der Waals surface area contributed by atoms with Crippen LogP contribution in [0.3, 0.4) is 0 Å². The summed E-state index contributed by atoms with van der Waals surface area (Å²) in [5.74, 6) is 0.141. The highest BCUT2D eigenvalue weighted by Gasteiger charge is 2.36. The van der Waals surface area contributed by atoms with Crippen LogP contribution in [0, 0.1) is 19.8 Å². The highest BCUT2D eigenvalue weighted by molar-refractivity contribution is 7.89. The minimum Gasteiger partial charge on any atom is -0.343 e. The Balaban J connectivity index is 1.66. The summed E-state index contributed by atoms with van der Waals surface area (Å²) < 4.78 is 27.1. The summed E-state index contributed by atoms with van der Waals surface area (Å²) in [6, 6.07) is 5.68. The number of sulfonamides is 1. The van der Waals surface area contributed by atoms with Gasteiger partial charge < -0.3 is 4.90 Å². The van der Waals surface area contributed by atoms with Crippen LogP contribution in [-0.4, -0.2) is 49.7 Å². The fourth-order valence-electron chi connectivity index (χ4n) is 3.30. The fraction of sp³-hybridized carbons (Fsp3) is 0.611. The first kappa shape index (κ1) is 17.4. The second kappa shape index (κ2) is 6.48. The van der Waals surface area contributed by atoms with E-state index < -0.39 is 10.0 Å². The first-order valence-electron chi connectivity index (χ1n) is 8.65. The van der Waals surface area contributed by atoms with E-state index in [2.05, 4.69) is 0 Å². The van der Waals surface area contributed by atoms with Gasteiger partial charge in [0.15, 0.2) is 0 Å². The molecule has 24 heavy (non-hydrogen) atoms. The van der Waals surface area contributed by atoms with Crippen LogP contribution in [0.2, 0.25) is 0 Å². The van der Waals surface area contributed by atoms with Gasteiger partial charge in [0.1, 0.15) is 0 Å². The van der Waals surface area contributed by atoms with E-state index in [-0.39, 0.29) is 11.8 Å². The van der Waals surface area contributed by atoms with Gasteiger partial charge in [0.05, 0.1) is 4.90 Å². The third-order valence-corrected chi connectivity index (χ3v) is 7.26. The Morgan fingerprint density at radius 1 is 1.08 bits per heavy atom. The molecule has 2 fully saturated rings. The van der Waals surface area contributed by atoms with E-state index >= 15 is 0 Å². The van der Waals surface area contributed by atoms with E-state index in [1.54, 1.807) is 12.1 Å². The quantitative estimate of drug-likeness (QED) is 0.837. The predicted octanol–water partition coefficient (Wildman–Crippen LogP) is 2.32. The molecule has 1 saturated carbocycles. The van der Waals surface area contributed by atoms with Crippen molar-refractivity contribution in [3.8, 4) is 0 Å². The maximum Gasteiger partial charge on any atom is 0.243 e. The summed E-state index contributed by atoms with van der Waals surface area (Å²) in [7, 11) is -1.59. The summed E-state index contributed by atoms with van der Waals surface area (Å²) in [6.45, 7) is 4.74. The van der Waals surface area contributed by atoms with Gasteiger partial charge in [0.25, 0.3) is 0 Å². The zero-order valence-corrected chi connectivity index (χ0v) is 15.5. The minimum absolute atomic E-state index is 0.0400. The highest BCUT2D eigenvalue weighted by Crippen LogP contribution is 2.30. The van der Waals surface area contributed by atoms with Gasteiger partial charge in [-0.2, -0.15) is 4.31 Å². The fourth-order valence-corrected chi connectivity index (χ4v) is 4.85. The van der Waals surface area contributed by atoms with Crippen molar-refractivity contribution in [1.82, 2.24) is 9.21 Å². The van der Waals surface area contributed by atoms with Gasteiger partial charge >= 0.3 is 0 Å². The van der Waals surface area contributed by atoms with Crippen molar-refractivity contribution in [2.45, 2.75) is 50.5 Å². The van der Waals surface area contributed by atoms with Crippen LogP contribution in [0.25, 0.3) is 0 Å². The Kier molecular flexibility index (Phi) is 4.71. The average molecular weight is 350 g/mol. The Bertz CT molecular complexity index is 733. The van der Waals surface area contributed by atoms with Crippen LogP contribution in [0.5, 0.6) is 0 Å². The van der Waals surface area contributed by atoms with E-state index in [9.17, 15) is 13.2 Å². The number of nitrogens with zero attached hydrogens (tertiary/aromatic N) is 2. The van der Waals surface area contributed by atoms with E-state index in [0.29, 0.717) is 36.9 Å². The highest BCUT2D eigenvalue weighted by atomic mass is 32.2. The molecule has 1 saturated heterocycles. The van der Waals surface area contributed by atoms with Crippen LogP contribution in [-0.2, 0) is 14.8 Å². The number of hydrogen-bond acceptors (Lipinski definition) is 3. The molecule has 0 spiro atoms. The van der Waals surface area contributed by atoms with Gasteiger partial charge in [0, 0.05) is 32.1 Å². The van der Waals surface area contributed by atoms with Crippen molar-refractivity contribution >= 4 is 15.9 Å². The van der Waals surface area contributed by atoms with Gasteiger partial charge in [-0.05, 0) is 62.8 Å². The standard InChI is InChI=1S/C18H26N2O3S/c1-13-4-7-17(12-14(13)2)24(22,23)20-10-8-15(9-11-20)18(21)19(3)16-5-6-16/h4,7,12,15-16H,5-6,8-11H2,1-3H3. The van der Waals surface area contributed by atoms with E-state index in [1.165, 1.54) is 4.31 Å². The van der Waals surface area contributed by atoms with Crippen molar-refractivity contribution < 1.29 is 13.2 Å². The summed E-state index contributed by atoms with van der Waals surface area (Å²) in [5.41, 5.74) is 2.06. The lowest BCUT2D eigenvalue weighted by Gasteiger charge is -2.32. The Labute approximate surface area is 144 Å². The second-order valence-corrected chi connectivity index (χ2v) is 9.04. The molecule has 0 bridgehead atoms. The number of hydrogen-bond donors (Lipinski definition) is 0. The number of carbonyl (C=O) groups is 1. The first-order chi connectivity index (χ1) is 11.3. The second-order valence-electron chi connectivity index (χ2n) is 7.10. The van der Waals surface area contributed by atoms with E-state index in [1.807, 2.05) is 31.9 Å². The number of piperidine rings is 1. The number of carbonyl (C=O) groups excluding carboxylic acids is 1. The molecule has 1 heterocycles. The first-order valence-corrected chi connectivity index (χ1v) is 10.1. The molecule has 0 unspecified atom stereocenters. The lowest BCUT2D eigenvalue weighted by atomic mass is 9.96. The largest absolute Gasteiger partial charge is 0.343 e. The maximum absolute atomic E-state index is 12.8. The molecule has 0 aromatic heterocycles. The zero-order chi connectivity index (χ0) is 17.5. The smallest absolute Gasteiger partial charge is 0.243 e. The zero-order valence-electron chi connectivity index (χ0n) is 14.7. The molecular weight excluding hydrogens is 324 g/mol. The third kappa shape index (κ3) is 3.35. The van der Waals surface area contributed by atoms with Crippen LogP contribution >= 0.6 is 0 Å². The minimum atomic E-state index is -3.47. The van der Waals surface area contributed by atoms with Crippen molar-refractivity contribution in [2.75, 3.05) is 20.1 Å². The molecule has 1 amide bonds. The topological polar surface area (TPSA) is 57.7 Å². The van der Waals surface area contributed by atoms with Crippen molar-refractivity contribution in [3.63, 3.8) is 0 Å². The van der Waals surface area contributed by atoms with E-state index in [4.69, 9.17) is 0 Å². The third-order valence-electron chi connectivity index (χ3n) is 5.36. The maximum atomic E-state index is 12.8. The van der Waals surface area contributed by atoms with Gasteiger partial charge in [0.2, 0.25) is 15.9 Å². The molecule has 5 nitrogen and oxygen atoms in total. The molecule has 1 aliphatic heterocycles. The van der Waals surface area contributed by atoms with Crippen LogP contribution in [0.4, 0.5) is 0 Å².